The number of carbonyl (C=O) groups excluding carboxylic acids is 1. The van der Waals surface area contributed by atoms with Gasteiger partial charge in [0, 0.05) is 16.9 Å². The molecule has 1 amide bonds. The smallest absolute Gasteiger partial charge is 0.224 e. The molecule has 1 saturated carbocycles. The molecule has 0 aliphatic heterocycles. The second-order valence-electron chi connectivity index (χ2n) is 5.22. The van der Waals surface area contributed by atoms with Crippen LogP contribution in [0.3, 0.4) is 0 Å². The van der Waals surface area contributed by atoms with Gasteiger partial charge in [0.25, 0.3) is 0 Å². The van der Waals surface area contributed by atoms with Gasteiger partial charge in [0.15, 0.2) is 0 Å². The summed E-state index contributed by atoms with van der Waals surface area (Å²) in [5.41, 5.74) is 1.00. The number of halogens is 1. The van der Waals surface area contributed by atoms with Gasteiger partial charge < -0.3 is 10.4 Å². The van der Waals surface area contributed by atoms with Crippen molar-refractivity contribution in [3.8, 4) is 0 Å². The van der Waals surface area contributed by atoms with Crippen molar-refractivity contribution in [3.63, 3.8) is 0 Å². The van der Waals surface area contributed by atoms with Gasteiger partial charge in [0.1, 0.15) is 0 Å². The molecule has 2 rings (SSSR count). The largest absolute Gasteiger partial charge is 0.393 e. The molecule has 0 saturated heterocycles. The van der Waals surface area contributed by atoms with Crippen LogP contribution in [0.4, 0.5) is 0 Å². The maximum Gasteiger partial charge on any atom is 0.224 e. The quantitative estimate of drug-likeness (QED) is 0.894. The number of nitrogens with one attached hydrogen (secondary N) is 1. The molecule has 1 aromatic rings. The Kier molecular flexibility index (Phi) is 5.40. The van der Waals surface area contributed by atoms with E-state index in [0.29, 0.717) is 13.0 Å². The molecule has 3 nitrogen and oxygen atoms in total. The number of amides is 1. The molecule has 2 atom stereocenters. The van der Waals surface area contributed by atoms with Crippen LogP contribution in [0.2, 0.25) is 0 Å². The minimum atomic E-state index is -0.248. The number of benzene rings is 1. The van der Waals surface area contributed by atoms with Crippen LogP contribution in [0, 0.1) is 5.92 Å². The molecule has 104 valence electrons. The Balaban J connectivity index is 1.76. The molecule has 0 radical (unpaired) electrons. The van der Waals surface area contributed by atoms with E-state index in [0.717, 1.165) is 35.7 Å². The lowest BCUT2D eigenvalue weighted by Gasteiger charge is -2.27. The number of rotatable bonds is 4. The van der Waals surface area contributed by atoms with Gasteiger partial charge in [-0.3, -0.25) is 4.79 Å². The highest BCUT2D eigenvalue weighted by atomic mass is 79.9. The van der Waals surface area contributed by atoms with Crippen molar-refractivity contribution in [1.82, 2.24) is 5.32 Å². The Morgan fingerprint density at radius 2 is 1.95 bits per heavy atom. The zero-order valence-electron chi connectivity index (χ0n) is 10.9. The Morgan fingerprint density at radius 1 is 1.26 bits per heavy atom. The number of hydrogen-bond acceptors (Lipinski definition) is 2. The fourth-order valence-electron chi connectivity index (χ4n) is 2.52. The van der Waals surface area contributed by atoms with Gasteiger partial charge in [-0.2, -0.15) is 0 Å². The van der Waals surface area contributed by atoms with E-state index in [9.17, 15) is 9.90 Å². The summed E-state index contributed by atoms with van der Waals surface area (Å²) in [6.07, 6.45) is 4.29. The molecule has 4 heteroatoms. The lowest BCUT2D eigenvalue weighted by molar-refractivity contribution is -0.120. The first-order valence-corrected chi connectivity index (χ1v) is 7.63. The van der Waals surface area contributed by atoms with Crippen LogP contribution >= 0.6 is 15.9 Å². The van der Waals surface area contributed by atoms with Crippen molar-refractivity contribution in [2.75, 3.05) is 6.54 Å². The Labute approximate surface area is 122 Å². The second kappa shape index (κ2) is 7.06. The minimum absolute atomic E-state index is 0.0279. The van der Waals surface area contributed by atoms with E-state index < -0.39 is 0 Å². The first-order chi connectivity index (χ1) is 9.15. The van der Waals surface area contributed by atoms with Crippen LogP contribution in [-0.4, -0.2) is 23.7 Å². The number of hydrogen-bond donors (Lipinski definition) is 2. The summed E-state index contributed by atoms with van der Waals surface area (Å²) in [5, 5.41) is 12.8. The number of aliphatic hydroxyl groups excluding tert-OH is 1. The predicted octanol–water partition coefficient (Wildman–Crippen LogP) is 2.66. The Hall–Kier alpha value is -0.870. The monoisotopic (exact) mass is 325 g/mol. The third kappa shape index (κ3) is 4.62. The van der Waals surface area contributed by atoms with Gasteiger partial charge in [0.05, 0.1) is 12.5 Å². The van der Waals surface area contributed by atoms with E-state index in [1.807, 2.05) is 24.3 Å². The van der Waals surface area contributed by atoms with Gasteiger partial charge in [-0.05, 0) is 30.5 Å². The highest BCUT2D eigenvalue weighted by molar-refractivity contribution is 9.10. The lowest BCUT2D eigenvalue weighted by Crippen LogP contribution is -2.37. The van der Waals surface area contributed by atoms with Gasteiger partial charge in [-0.25, -0.2) is 0 Å². The average molecular weight is 326 g/mol. The van der Waals surface area contributed by atoms with Crippen LogP contribution in [0.1, 0.15) is 31.2 Å². The second-order valence-corrected chi connectivity index (χ2v) is 6.13. The lowest BCUT2D eigenvalue weighted by atomic mass is 9.86. The summed E-state index contributed by atoms with van der Waals surface area (Å²) in [4.78, 5) is 11.8. The normalized spacial score (nSPS) is 23.1. The maximum absolute atomic E-state index is 11.8. The molecule has 1 aromatic carbocycles. The van der Waals surface area contributed by atoms with Crippen LogP contribution in [0.5, 0.6) is 0 Å². The summed E-state index contributed by atoms with van der Waals surface area (Å²) in [7, 11) is 0. The van der Waals surface area contributed by atoms with Crippen molar-refractivity contribution in [2.45, 2.75) is 38.2 Å². The summed E-state index contributed by atoms with van der Waals surface area (Å²) in [5.74, 6) is 0.253. The first kappa shape index (κ1) is 14.5. The highest BCUT2D eigenvalue weighted by Crippen LogP contribution is 2.23. The molecule has 1 aliphatic carbocycles. The summed E-state index contributed by atoms with van der Waals surface area (Å²) in [6, 6.07) is 7.76. The van der Waals surface area contributed by atoms with E-state index in [4.69, 9.17) is 0 Å². The molecule has 2 N–H and O–H groups in total. The van der Waals surface area contributed by atoms with Crippen molar-refractivity contribution >= 4 is 21.8 Å². The highest BCUT2D eigenvalue weighted by Gasteiger charge is 2.23. The Morgan fingerprint density at radius 3 is 2.63 bits per heavy atom. The third-order valence-electron chi connectivity index (χ3n) is 3.71. The van der Waals surface area contributed by atoms with Crippen molar-refractivity contribution < 1.29 is 9.90 Å². The molecule has 19 heavy (non-hydrogen) atoms. The zero-order valence-corrected chi connectivity index (χ0v) is 12.5. The van der Waals surface area contributed by atoms with Gasteiger partial charge in [-0.1, -0.05) is 40.9 Å². The van der Waals surface area contributed by atoms with Gasteiger partial charge >= 0.3 is 0 Å². The zero-order chi connectivity index (χ0) is 13.7. The SMILES string of the molecule is O=C(Cc1ccc(Br)cc1)NCC1CCCCC1O. The van der Waals surface area contributed by atoms with Crippen molar-refractivity contribution in [1.29, 1.82) is 0 Å². The average Bonchev–Trinajstić information content (AvgIpc) is 2.40. The fraction of sp³-hybridized carbons (Fsp3) is 0.533. The third-order valence-corrected chi connectivity index (χ3v) is 4.24. The molecule has 0 heterocycles. The topological polar surface area (TPSA) is 49.3 Å². The molecular weight excluding hydrogens is 306 g/mol. The standard InChI is InChI=1S/C15H20BrNO2/c16-13-7-5-11(6-8-13)9-15(19)17-10-12-3-1-2-4-14(12)18/h5-8,12,14,18H,1-4,9-10H2,(H,17,19). The van der Waals surface area contributed by atoms with E-state index in [-0.39, 0.29) is 17.9 Å². The molecule has 1 fully saturated rings. The number of carbonyl (C=O) groups is 1. The Bertz CT molecular complexity index is 419. The fourth-order valence-corrected chi connectivity index (χ4v) is 2.79. The molecule has 1 aliphatic rings. The van der Waals surface area contributed by atoms with Gasteiger partial charge in [0.2, 0.25) is 5.91 Å². The van der Waals surface area contributed by atoms with Crippen LogP contribution in [-0.2, 0) is 11.2 Å². The summed E-state index contributed by atoms with van der Waals surface area (Å²) in [6.45, 7) is 0.594. The molecule has 0 bridgehead atoms. The van der Waals surface area contributed by atoms with E-state index in [2.05, 4.69) is 21.2 Å². The first-order valence-electron chi connectivity index (χ1n) is 6.84. The van der Waals surface area contributed by atoms with Crippen LogP contribution < -0.4 is 5.32 Å². The molecule has 0 spiro atoms. The van der Waals surface area contributed by atoms with E-state index >= 15 is 0 Å². The van der Waals surface area contributed by atoms with Crippen molar-refractivity contribution in [2.24, 2.45) is 5.92 Å². The van der Waals surface area contributed by atoms with E-state index in [1.165, 1.54) is 0 Å². The minimum Gasteiger partial charge on any atom is -0.393 e. The summed E-state index contributed by atoms with van der Waals surface area (Å²) >= 11 is 3.37. The molecule has 2 unspecified atom stereocenters. The maximum atomic E-state index is 11.8. The molecular formula is C15H20BrNO2. The predicted molar refractivity (Wildman–Crippen MR) is 78.8 cm³/mol. The van der Waals surface area contributed by atoms with E-state index in [1.54, 1.807) is 0 Å². The van der Waals surface area contributed by atoms with Crippen LogP contribution in [0.25, 0.3) is 0 Å². The number of aliphatic hydroxyl groups is 1. The summed E-state index contributed by atoms with van der Waals surface area (Å²) < 4.78 is 1.02. The van der Waals surface area contributed by atoms with Gasteiger partial charge in [-0.15, -0.1) is 0 Å². The van der Waals surface area contributed by atoms with Crippen molar-refractivity contribution in [3.05, 3.63) is 34.3 Å². The van der Waals surface area contributed by atoms with Crippen LogP contribution in [0.15, 0.2) is 28.7 Å². The molecule has 0 aromatic heterocycles.